The van der Waals surface area contributed by atoms with Crippen molar-refractivity contribution in [2.75, 3.05) is 11.9 Å². The molecular weight excluding hydrogens is 428 g/mol. The van der Waals surface area contributed by atoms with E-state index in [4.69, 9.17) is 16.6 Å². The zero-order valence-electron chi connectivity index (χ0n) is 17.1. The van der Waals surface area contributed by atoms with E-state index in [1.807, 2.05) is 6.92 Å². The fourth-order valence-electron chi connectivity index (χ4n) is 3.58. The lowest BCUT2D eigenvalue weighted by Crippen LogP contribution is -2.29. The first-order valence-electron chi connectivity index (χ1n) is 9.99. The number of fused-ring (bicyclic) bond motifs is 2. The van der Waals surface area contributed by atoms with E-state index in [1.165, 1.54) is 30.3 Å². The minimum atomic E-state index is -1.11. The molecule has 0 spiro atoms. The Morgan fingerprint density at radius 2 is 1.84 bits per heavy atom. The van der Waals surface area contributed by atoms with Crippen molar-refractivity contribution in [2.45, 2.75) is 13.3 Å². The van der Waals surface area contributed by atoms with Crippen molar-refractivity contribution in [1.29, 1.82) is 0 Å². The molecule has 1 aliphatic carbocycles. The molecule has 0 atom stereocenters. The number of thiocarbonyl (C=S) groups is 1. The van der Waals surface area contributed by atoms with Gasteiger partial charge in [0, 0.05) is 40.9 Å². The first-order valence-corrected chi connectivity index (χ1v) is 10.4. The summed E-state index contributed by atoms with van der Waals surface area (Å²) >= 11 is 5.25. The third kappa shape index (κ3) is 4.13. The maximum absolute atomic E-state index is 12.2. The second-order valence-electron chi connectivity index (χ2n) is 7.26. The largest absolute Gasteiger partial charge is 0.508 e. The van der Waals surface area contributed by atoms with Crippen LogP contribution in [0, 0.1) is 0 Å². The van der Waals surface area contributed by atoms with Gasteiger partial charge in [-0.05, 0) is 60.6 Å². The van der Waals surface area contributed by atoms with Crippen molar-refractivity contribution in [3.63, 3.8) is 0 Å². The molecule has 32 heavy (non-hydrogen) atoms. The quantitative estimate of drug-likeness (QED) is 0.258. The number of anilines is 1. The molecule has 2 aromatic carbocycles. The number of carboxylic acids is 1. The number of phenolic OH excluding ortho intramolecular Hbond substituents is 1. The molecule has 0 aromatic heterocycles. The zero-order chi connectivity index (χ0) is 22.8. The summed E-state index contributed by atoms with van der Waals surface area (Å²) in [6, 6.07) is 13.9. The summed E-state index contributed by atoms with van der Waals surface area (Å²) in [5.74, 6) is -0.817. The molecule has 1 heterocycles. The molecule has 0 unspecified atom stereocenters. The van der Waals surface area contributed by atoms with Gasteiger partial charge in [0.25, 0.3) is 0 Å². The summed E-state index contributed by atoms with van der Waals surface area (Å²) in [5, 5.41) is 26.9. The van der Waals surface area contributed by atoms with Gasteiger partial charge in [0.1, 0.15) is 17.1 Å². The Morgan fingerprint density at radius 1 is 1.06 bits per heavy atom. The lowest BCUT2D eigenvalue weighted by atomic mass is 9.90. The fourth-order valence-corrected chi connectivity index (χ4v) is 3.80. The van der Waals surface area contributed by atoms with E-state index in [2.05, 4.69) is 10.6 Å². The van der Waals surface area contributed by atoms with Crippen LogP contribution in [-0.4, -0.2) is 27.8 Å². The predicted molar refractivity (Wildman–Crippen MR) is 128 cm³/mol. The number of aromatic hydroxyl groups is 1. The van der Waals surface area contributed by atoms with Crippen LogP contribution in [0.25, 0.3) is 33.4 Å². The van der Waals surface area contributed by atoms with Crippen LogP contribution in [0.1, 0.15) is 23.7 Å². The van der Waals surface area contributed by atoms with Crippen molar-refractivity contribution in [2.24, 2.45) is 0 Å². The van der Waals surface area contributed by atoms with E-state index >= 15 is 0 Å². The van der Waals surface area contributed by atoms with Crippen molar-refractivity contribution in [1.82, 2.24) is 5.32 Å². The van der Waals surface area contributed by atoms with Crippen LogP contribution in [0.4, 0.5) is 5.69 Å². The van der Waals surface area contributed by atoms with Gasteiger partial charge in [-0.15, -0.1) is 0 Å². The van der Waals surface area contributed by atoms with Crippen LogP contribution >= 0.6 is 12.2 Å². The molecule has 0 saturated carbocycles. The standard InChI is InChI=1S/C24H20N2O5S/c1-2-9-25-24(32)26-13-3-6-16(19(10-13)23(29)30)22-17-7-4-14(27)11-20(17)31-21-12-15(28)5-8-18(21)22/h3-8,10-12,27H,2,9H2,1H3,(H,29,30)(H2,25,26,32). The summed E-state index contributed by atoms with van der Waals surface area (Å²) in [6.07, 6.45) is 0.904. The van der Waals surface area contributed by atoms with Crippen molar-refractivity contribution in [3.05, 3.63) is 70.4 Å². The van der Waals surface area contributed by atoms with Gasteiger partial charge < -0.3 is 25.3 Å². The fraction of sp³-hybridized carbons (Fsp3) is 0.125. The Hall–Kier alpha value is -3.91. The number of benzene rings is 3. The molecule has 4 N–H and O–H groups in total. The van der Waals surface area contributed by atoms with Gasteiger partial charge in [0.2, 0.25) is 0 Å². The van der Waals surface area contributed by atoms with Crippen LogP contribution < -0.4 is 16.1 Å². The molecule has 0 bridgehead atoms. The van der Waals surface area contributed by atoms with Crippen molar-refractivity contribution >= 4 is 40.0 Å². The minimum Gasteiger partial charge on any atom is -0.508 e. The number of hydrogen-bond donors (Lipinski definition) is 4. The maximum atomic E-state index is 12.2. The first kappa shape index (κ1) is 21.3. The second kappa shape index (κ2) is 8.68. The summed E-state index contributed by atoms with van der Waals surface area (Å²) in [4.78, 5) is 24.1. The predicted octanol–water partition coefficient (Wildman–Crippen LogP) is 4.67. The van der Waals surface area contributed by atoms with Gasteiger partial charge in [-0.25, -0.2) is 4.79 Å². The molecular formula is C24H20N2O5S. The van der Waals surface area contributed by atoms with Crippen LogP contribution in [0.3, 0.4) is 0 Å². The number of aromatic carboxylic acids is 1. The molecule has 7 nitrogen and oxygen atoms in total. The van der Waals surface area contributed by atoms with Crippen LogP contribution in [-0.2, 0) is 0 Å². The minimum absolute atomic E-state index is 0.00377. The maximum Gasteiger partial charge on any atom is 0.336 e. The molecule has 4 rings (SSSR count). The number of carbonyl (C=O) groups is 1. The van der Waals surface area contributed by atoms with Gasteiger partial charge in [0.15, 0.2) is 10.5 Å². The topological polar surface area (TPSA) is 112 Å². The Balaban J connectivity index is 1.94. The van der Waals surface area contributed by atoms with E-state index in [0.29, 0.717) is 50.8 Å². The summed E-state index contributed by atoms with van der Waals surface area (Å²) in [7, 11) is 0. The van der Waals surface area contributed by atoms with Crippen LogP contribution in [0.2, 0.25) is 0 Å². The van der Waals surface area contributed by atoms with E-state index in [-0.39, 0.29) is 16.7 Å². The van der Waals surface area contributed by atoms with Crippen LogP contribution in [0.5, 0.6) is 5.75 Å². The Kier molecular flexibility index (Phi) is 5.79. The van der Waals surface area contributed by atoms with Gasteiger partial charge in [-0.3, -0.25) is 4.79 Å². The molecule has 162 valence electrons. The SMILES string of the molecule is CCCNC(=S)Nc1ccc(-c2c3ccc(=O)cc-3oc3cc(O)ccc23)c(C(=O)O)c1. The summed E-state index contributed by atoms with van der Waals surface area (Å²) < 4.78 is 5.84. The van der Waals surface area contributed by atoms with Gasteiger partial charge >= 0.3 is 5.97 Å². The third-order valence-corrected chi connectivity index (χ3v) is 5.24. The highest BCUT2D eigenvalue weighted by atomic mass is 32.1. The highest BCUT2D eigenvalue weighted by Gasteiger charge is 2.22. The Bertz CT molecular complexity index is 1380. The Labute approximate surface area is 188 Å². The van der Waals surface area contributed by atoms with E-state index in [1.54, 1.807) is 24.3 Å². The zero-order valence-corrected chi connectivity index (χ0v) is 18.0. The first-order chi connectivity index (χ1) is 15.4. The normalized spacial score (nSPS) is 10.9. The number of hydrogen-bond acceptors (Lipinski definition) is 5. The van der Waals surface area contributed by atoms with E-state index in [0.717, 1.165) is 6.42 Å². The number of phenols is 1. The average molecular weight is 449 g/mol. The van der Waals surface area contributed by atoms with Gasteiger partial charge in [-0.2, -0.15) is 0 Å². The number of carboxylic acid groups (broad SMARTS) is 1. The highest BCUT2D eigenvalue weighted by Crippen LogP contribution is 2.42. The highest BCUT2D eigenvalue weighted by molar-refractivity contribution is 7.80. The second-order valence-corrected chi connectivity index (χ2v) is 7.67. The molecule has 1 aliphatic heterocycles. The molecule has 8 heteroatoms. The lowest BCUT2D eigenvalue weighted by molar-refractivity contribution is 0.0698. The van der Waals surface area contributed by atoms with E-state index in [9.17, 15) is 19.8 Å². The summed E-state index contributed by atoms with van der Waals surface area (Å²) in [6.45, 7) is 2.72. The van der Waals surface area contributed by atoms with Gasteiger partial charge in [-0.1, -0.05) is 13.0 Å². The van der Waals surface area contributed by atoms with Crippen LogP contribution in [0.15, 0.2) is 63.8 Å². The molecule has 0 saturated heterocycles. The third-order valence-electron chi connectivity index (χ3n) is 4.99. The molecule has 0 radical (unpaired) electrons. The lowest BCUT2D eigenvalue weighted by Gasteiger charge is -2.18. The summed E-state index contributed by atoms with van der Waals surface area (Å²) in [5.41, 5.74) is 2.32. The molecule has 2 aliphatic rings. The number of rotatable bonds is 5. The Morgan fingerprint density at radius 3 is 2.59 bits per heavy atom. The van der Waals surface area contributed by atoms with Crippen molar-refractivity contribution < 1.29 is 19.4 Å². The van der Waals surface area contributed by atoms with Crippen molar-refractivity contribution in [3.8, 4) is 28.2 Å². The molecule has 0 fully saturated rings. The monoisotopic (exact) mass is 448 g/mol. The van der Waals surface area contributed by atoms with E-state index < -0.39 is 5.97 Å². The number of nitrogens with one attached hydrogen (secondary N) is 2. The molecule has 0 amide bonds. The van der Waals surface area contributed by atoms with Gasteiger partial charge in [0.05, 0.1) is 5.56 Å². The average Bonchev–Trinajstić information content (AvgIpc) is 2.76. The molecule has 2 aromatic rings. The smallest absolute Gasteiger partial charge is 0.336 e.